The van der Waals surface area contributed by atoms with E-state index in [9.17, 15) is 4.79 Å². The Labute approximate surface area is 161 Å². The lowest BCUT2D eigenvalue weighted by molar-refractivity contribution is -0.132. The Morgan fingerprint density at radius 1 is 1.19 bits per heavy atom. The Hall–Kier alpha value is -2.66. The third-order valence-electron chi connectivity index (χ3n) is 5.45. The predicted octanol–water partition coefficient (Wildman–Crippen LogP) is 5.07. The number of thiazole rings is 1. The van der Waals surface area contributed by atoms with Gasteiger partial charge in [-0.15, -0.1) is 11.3 Å². The molecule has 2 aromatic heterocycles. The lowest BCUT2D eigenvalue weighted by Crippen LogP contribution is -2.30. The molecule has 5 rings (SSSR count). The number of hydrogen-bond acceptors (Lipinski definition) is 3. The molecule has 3 heterocycles. The number of aromatic nitrogens is 2. The van der Waals surface area contributed by atoms with Gasteiger partial charge in [-0.3, -0.25) is 4.79 Å². The molecule has 5 heteroatoms. The lowest BCUT2D eigenvalue weighted by Gasteiger charge is -2.23. The van der Waals surface area contributed by atoms with Gasteiger partial charge >= 0.3 is 0 Å². The Morgan fingerprint density at radius 2 is 2.04 bits per heavy atom. The van der Waals surface area contributed by atoms with Crippen LogP contribution in [0.2, 0.25) is 0 Å². The highest BCUT2D eigenvalue weighted by Gasteiger charge is 2.31. The van der Waals surface area contributed by atoms with Crippen LogP contribution in [-0.2, 0) is 11.2 Å². The fourth-order valence-electron chi connectivity index (χ4n) is 4.08. The summed E-state index contributed by atoms with van der Waals surface area (Å²) in [6, 6.07) is 16.6. The summed E-state index contributed by atoms with van der Waals surface area (Å²) in [4.78, 5) is 23.1. The second kappa shape index (κ2) is 6.82. The Morgan fingerprint density at radius 3 is 2.96 bits per heavy atom. The van der Waals surface area contributed by atoms with Crippen molar-refractivity contribution >= 4 is 38.4 Å². The molecule has 0 radical (unpaired) electrons. The molecular formula is C22H21N3OS. The van der Waals surface area contributed by atoms with Crippen LogP contribution in [0.3, 0.4) is 0 Å². The lowest BCUT2D eigenvalue weighted by atomic mass is 10.1. The molecule has 4 aromatic rings. The molecule has 4 nitrogen and oxygen atoms in total. The molecule has 0 saturated carbocycles. The summed E-state index contributed by atoms with van der Waals surface area (Å²) in [5.41, 5.74) is 3.39. The molecule has 0 aliphatic carbocycles. The molecular weight excluding hydrogens is 354 g/mol. The molecule has 0 unspecified atom stereocenters. The number of nitrogens with one attached hydrogen (secondary N) is 1. The molecule has 1 aliphatic rings. The van der Waals surface area contributed by atoms with Crippen LogP contribution in [0, 0.1) is 0 Å². The maximum Gasteiger partial charge on any atom is 0.223 e. The van der Waals surface area contributed by atoms with Gasteiger partial charge in [0.05, 0.1) is 16.3 Å². The summed E-state index contributed by atoms with van der Waals surface area (Å²) in [7, 11) is 0. The smallest absolute Gasteiger partial charge is 0.223 e. The highest BCUT2D eigenvalue weighted by atomic mass is 32.1. The fraction of sp³-hybridized carbons (Fsp3) is 0.273. The van der Waals surface area contributed by atoms with Crippen LogP contribution in [-0.4, -0.2) is 27.3 Å². The molecule has 1 aliphatic heterocycles. The molecule has 1 amide bonds. The summed E-state index contributed by atoms with van der Waals surface area (Å²) in [6.45, 7) is 0.841. The second-order valence-corrected chi connectivity index (χ2v) is 8.19. The number of amides is 1. The third kappa shape index (κ3) is 3.02. The summed E-state index contributed by atoms with van der Waals surface area (Å²) >= 11 is 1.72. The number of nitrogens with zero attached hydrogens (tertiary/aromatic N) is 2. The number of H-pyrrole nitrogens is 1. The molecule has 136 valence electrons. The van der Waals surface area contributed by atoms with E-state index in [2.05, 4.69) is 23.2 Å². The van der Waals surface area contributed by atoms with Gasteiger partial charge in [-0.25, -0.2) is 4.98 Å². The van der Waals surface area contributed by atoms with E-state index < -0.39 is 0 Å². The van der Waals surface area contributed by atoms with E-state index >= 15 is 0 Å². The molecule has 1 fully saturated rings. The van der Waals surface area contributed by atoms with Gasteiger partial charge < -0.3 is 9.88 Å². The van der Waals surface area contributed by atoms with Gasteiger partial charge in [-0.05, 0) is 43.0 Å². The molecule has 1 saturated heterocycles. The van der Waals surface area contributed by atoms with Gasteiger partial charge in [-0.1, -0.05) is 30.3 Å². The molecule has 0 spiro atoms. The third-order valence-corrected chi connectivity index (χ3v) is 6.59. The average Bonchev–Trinajstić information content (AvgIpc) is 3.43. The van der Waals surface area contributed by atoms with Gasteiger partial charge in [-0.2, -0.15) is 0 Å². The first-order valence-corrected chi connectivity index (χ1v) is 10.3. The number of fused-ring (bicyclic) bond motifs is 2. The minimum atomic E-state index is 0.137. The van der Waals surface area contributed by atoms with E-state index in [0.29, 0.717) is 6.42 Å². The topological polar surface area (TPSA) is 49.0 Å². The van der Waals surface area contributed by atoms with Crippen LogP contribution in [0.4, 0.5) is 0 Å². The van der Waals surface area contributed by atoms with Crippen LogP contribution >= 0.6 is 11.3 Å². The van der Waals surface area contributed by atoms with E-state index in [1.54, 1.807) is 11.3 Å². The van der Waals surface area contributed by atoms with Crippen LogP contribution < -0.4 is 0 Å². The standard InChI is InChI=1S/C22H21N3OS/c26-21(12-11-15-14-23-17-7-2-1-6-16(15)17)25-13-5-9-19(25)22-24-18-8-3-4-10-20(18)27-22/h1-4,6-8,10,14,19,23H,5,9,11-13H2/t19-/m0/s1. The SMILES string of the molecule is O=C(CCc1c[nH]c2ccccc12)N1CCC[C@H]1c1nc2ccccc2s1. The predicted molar refractivity (Wildman–Crippen MR) is 110 cm³/mol. The number of carbonyl (C=O) groups excluding carboxylic acids is 1. The first-order chi connectivity index (χ1) is 13.3. The zero-order chi connectivity index (χ0) is 18.2. The number of likely N-dealkylation sites (tertiary alicyclic amines) is 1. The highest BCUT2D eigenvalue weighted by molar-refractivity contribution is 7.18. The number of aryl methyl sites for hydroxylation is 1. The van der Waals surface area contributed by atoms with E-state index in [-0.39, 0.29) is 11.9 Å². The van der Waals surface area contributed by atoms with Crippen LogP contribution in [0.25, 0.3) is 21.1 Å². The molecule has 27 heavy (non-hydrogen) atoms. The van der Waals surface area contributed by atoms with E-state index in [4.69, 9.17) is 4.98 Å². The van der Waals surface area contributed by atoms with Crippen molar-refractivity contribution in [1.82, 2.24) is 14.9 Å². The second-order valence-electron chi connectivity index (χ2n) is 7.12. The van der Waals surface area contributed by atoms with Crippen molar-refractivity contribution in [2.24, 2.45) is 0 Å². The molecule has 1 atom stereocenters. The zero-order valence-corrected chi connectivity index (χ0v) is 15.8. The maximum atomic E-state index is 13.0. The highest BCUT2D eigenvalue weighted by Crippen LogP contribution is 2.36. The first kappa shape index (κ1) is 16.5. The Bertz CT molecular complexity index is 1080. The summed E-state index contributed by atoms with van der Waals surface area (Å²) in [5, 5.41) is 2.29. The van der Waals surface area contributed by atoms with Crippen molar-refractivity contribution < 1.29 is 4.79 Å². The van der Waals surface area contributed by atoms with Crippen molar-refractivity contribution in [2.75, 3.05) is 6.54 Å². The number of benzene rings is 2. The largest absolute Gasteiger partial charge is 0.361 e. The van der Waals surface area contributed by atoms with Crippen molar-refractivity contribution in [3.63, 3.8) is 0 Å². The van der Waals surface area contributed by atoms with Crippen molar-refractivity contribution in [2.45, 2.75) is 31.7 Å². The van der Waals surface area contributed by atoms with Crippen LogP contribution in [0.5, 0.6) is 0 Å². The number of para-hydroxylation sites is 2. The Kier molecular flexibility index (Phi) is 4.17. The minimum absolute atomic E-state index is 0.137. The number of rotatable bonds is 4. The van der Waals surface area contributed by atoms with Gasteiger partial charge in [0.1, 0.15) is 5.01 Å². The van der Waals surface area contributed by atoms with Gasteiger partial charge in [0.15, 0.2) is 0 Å². The van der Waals surface area contributed by atoms with E-state index in [0.717, 1.165) is 41.8 Å². The zero-order valence-electron chi connectivity index (χ0n) is 15.0. The molecule has 0 bridgehead atoms. The van der Waals surface area contributed by atoms with Crippen LogP contribution in [0.1, 0.15) is 35.9 Å². The van der Waals surface area contributed by atoms with E-state index in [1.165, 1.54) is 15.6 Å². The summed E-state index contributed by atoms with van der Waals surface area (Å²) < 4.78 is 1.20. The summed E-state index contributed by atoms with van der Waals surface area (Å²) in [5.74, 6) is 0.238. The quantitative estimate of drug-likeness (QED) is 0.541. The fourth-order valence-corrected chi connectivity index (χ4v) is 5.19. The number of hydrogen-bond donors (Lipinski definition) is 1. The minimum Gasteiger partial charge on any atom is -0.361 e. The first-order valence-electron chi connectivity index (χ1n) is 9.49. The average molecular weight is 375 g/mol. The normalized spacial score (nSPS) is 17.2. The van der Waals surface area contributed by atoms with Crippen molar-refractivity contribution in [3.05, 3.63) is 65.3 Å². The summed E-state index contributed by atoms with van der Waals surface area (Å²) in [6.07, 6.45) is 5.42. The monoisotopic (exact) mass is 375 g/mol. The molecule has 2 aromatic carbocycles. The number of carbonyl (C=O) groups is 1. The van der Waals surface area contributed by atoms with E-state index in [1.807, 2.05) is 41.4 Å². The number of aromatic amines is 1. The van der Waals surface area contributed by atoms with Gasteiger partial charge in [0.25, 0.3) is 0 Å². The maximum absolute atomic E-state index is 13.0. The van der Waals surface area contributed by atoms with Crippen molar-refractivity contribution in [1.29, 1.82) is 0 Å². The van der Waals surface area contributed by atoms with Gasteiger partial charge in [0, 0.05) is 30.1 Å². The van der Waals surface area contributed by atoms with Crippen LogP contribution in [0.15, 0.2) is 54.7 Å². The van der Waals surface area contributed by atoms with Crippen molar-refractivity contribution in [3.8, 4) is 0 Å². The van der Waals surface area contributed by atoms with Gasteiger partial charge in [0.2, 0.25) is 5.91 Å². The molecule has 1 N–H and O–H groups in total. The Balaban J connectivity index is 1.33.